The highest BCUT2D eigenvalue weighted by molar-refractivity contribution is 6.35. The van der Waals surface area contributed by atoms with Crippen molar-refractivity contribution in [3.05, 3.63) is 45.6 Å². The van der Waals surface area contributed by atoms with Gasteiger partial charge in [-0.1, -0.05) is 13.8 Å². The van der Waals surface area contributed by atoms with Crippen molar-refractivity contribution < 1.29 is 24.0 Å². The van der Waals surface area contributed by atoms with E-state index < -0.39 is 10.8 Å². The van der Waals surface area contributed by atoms with Crippen LogP contribution in [0.2, 0.25) is 0 Å². The van der Waals surface area contributed by atoms with Crippen LogP contribution < -0.4 is 0 Å². The second kappa shape index (κ2) is 10.1. The lowest BCUT2D eigenvalue weighted by molar-refractivity contribution is -0.384. The normalized spacial score (nSPS) is 14.3. The number of nitrogens with zero attached hydrogens (tertiary/aromatic N) is 3. The number of amides is 2. The predicted molar refractivity (Wildman–Crippen MR) is 107 cm³/mol. The summed E-state index contributed by atoms with van der Waals surface area (Å²) in [5.41, 5.74) is 0.911. The summed E-state index contributed by atoms with van der Waals surface area (Å²) in [5.74, 6) is -0.664. The molecular weight excluding hydrogens is 378 g/mol. The van der Waals surface area contributed by atoms with Gasteiger partial charge in [0.15, 0.2) is 0 Å². The zero-order chi connectivity index (χ0) is 21.6. The standard InChI is InChI=1S/C20H27N3O6/c1-14(2)13-22-19(24)17(15-5-7-16(8-6-15)23(26)27)18(20(22)25)21(9-11-28-3)10-12-29-4/h5-8,14H,9-13H2,1-4H3. The molecule has 2 amide bonds. The molecule has 29 heavy (non-hydrogen) atoms. The minimum atomic E-state index is -0.505. The average Bonchev–Trinajstić information content (AvgIpc) is 2.92. The fourth-order valence-corrected chi connectivity index (χ4v) is 3.14. The highest BCUT2D eigenvalue weighted by atomic mass is 16.6. The van der Waals surface area contributed by atoms with E-state index in [4.69, 9.17) is 9.47 Å². The molecule has 158 valence electrons. The van der Waals surface area contributed by atoms with E-state index in [1.165, 1.54) is 29.2 Å². The lowest BCUT2D eigenvalue weighted by atomic mass is 10.0. The summed E-state index contributed by atoms with van der Waals surface area (Å²) < 4.78 is 10.3. The van der Waals surface area contributed by atoms with Gasteiger partial charge in [0.1, 0.15) is 5.70 Å². The third-order valence-corrected chi connectivity index (χ3v) is 4.50. The molecule has 0 saturated carbocycles. The van der Waals surface area contributed by atoms with E-state index >= 15 is 0 Å². The number of hydrogen-bond acceptors (Lipinski definition) is 7. The Balaban J connectivity index is 2.54. The average molecular weight is 405 g/mol. The van der Waals surface area contributed by atoms with Crippen molar-refractivity contribution in [2.75, 3.05) is 47.1 Å². The van der Waals surface area contributed by atoms with Gasteiger partial charge in [-0.05, 0) is 23.6 Å². The van der Waals surface area contributed by atoms with Crippen molar-refractivity contribution in [1.29, 1.82) is 0 Å². The van der Waals surface area contributed by atoms with E-state index in [-0.39, 0.29) is 28.8 Å². The summed E-state index contributed by atoms with van der Waals surface area (Å²) in [6.07, 6.45) is 0. The maximum atomic E-state index is 13.2. The van der Waals surface area contributed by atoms with E-state index in [2.05, 4.69) is 0 Å². The van der Waals surface area contributed by atoms with Crippen molar-refractivity contribution in [3.8, 4) is 0 Å². The minimum absolute atomic E-state index is 0.0812. The zero-order valence-electron chi connectivity index (χ0n) is 17.2. The van der Waals surface area contributed by atoms with Crippen LogP contribution in [0.15, 0.2) is 30.0 Å². The van der Waals surface area contributed by atoms with E-state index in [1.54, 1.807) is 19.1 Å². The molecule has 0 atom stereocenters. The van der Waals surface area contributed by atoms with Gasteiger partial charge in [-0.15, -0.1) is 0 Å². The molecule has 9 nitrogen and oxygen atoms in total. The van der Waals surface area contributed by atoms with E-state index in [0.29, 0.717) is 38.4 Å². The van der Waals surface area contributed by atoms with Crippen LogP contribution in [0.1, 0.15) is 19.4 Å². The molecule has 0 aromatic heterocycles. The maximum absolute atomic E-state index is 13.2. The first-order valence-electron chi connectivity index (χ1n) is 9.39. The molecule has 0 aliphatic carbocycles. The van der Waals surface area contributed by atoms with Crippen LogP contribution in [0.4, 0.5) is 5.69 Å². The zero-order valence-corrected chi connectivity index (χ0v) is 17.2. The number of nitro benzene ring substituents is 1. The molecule has 0 unspecified atom stereocenters. The Kier molecular flexibility index (Phi) is 7.86. The number of nitro groups is 1. The van der Waals surface area contributed by atoms with E-state index in [9.17, 15) is 19.7 Å². The van der Waals surface area contributed by atoms with Gasteiger partial charge in [0.05, 0.1) is 23.7 Å². The Morgan fingerprint density at radius 2 is 1.59 bits per heavy atom. The number of hydrogen-bond donors (Lipinski definition) is 0. The van der Waals surface area contributed by atoms with Gasteiger partial charge in [-0.25, -0.2) is 0 Å². The SMILES string of the molecule is COCCN(CCOC)C1=C(c2ccc([N+](=O)[O-])cc2)C(=O)N(CC(C)C)C1=O. The second-order valence-corrected chi connectivity index (χ2v) is 7.11. The van der Waals surface area contributed by atoms with Gasteiger partial charge < -0.3 is 14.4 Å². The molecule has 1 aromatic rings. The molecule has 1 aliphatic heterocycles. The first-order chi connectivity index (χ1) is 13.8. The van der Waals surface area contributed by atoms with Crippen LogP contribution in [0, 0.1) is 16.0 Å². The van der Waals surface area contributed by atoms with Crippen LogP contribution in [-0.4, -0.2) is 73.6 Å². The number of non-ortho nitro benzene ring substituents is 1. The smallest absolute Gasteiger partial charge is 0.277 e. The molecule has 0 saturated heterocycles. The minimum Gasteiger partial charge on any atom is -0.383 e. The molecule has 0 N–H and O–H groups in total. The van der Waals surface area contributed by atoms with Crippen molar-refractivity contribution >= 4 is 23.1 Å². The Morgan fingerprint density at radius 3 is 2.03 bits per heavy atom. The van der Waals surface area contributed by atoms with Crippen LogP contribution in [0.25, 0.3) is 5.57 Å². The van der Waals surface area contributed by atoms with Gasteiger partial charge in [0.2, 0.25) is 0 Å². The lowest BCUT2D eigenvalue weighted by Gasteiger charge is -2.26. The third kappa shape index (κ3) is 5.18. The topological polar surface area (TPSA) is 102 Å². The van der Waals surface area contributed by atoms with Crippen molar-refractivity contribution in [2.24, 2.45) is 5.92 Å². The molecular formula is C20H27N3O6. The van der Waals surface area contributed by atoms with Crippen LogP contribution in [0.3, 0.4) is 0 Å². The number of methoxy groups -OCH3 is 2. The number of rotatable bonds is 11. The maximum Gasteiger partial charge on any atom is 0.277 e. The van der Waals surface area contributed by atoms with Crippen molar-refractivity contribution in [1.82, 2.24) is 9.80 Å². The summed E-state index contributed by atoms with van der Waals surface area (Å²) in [6, 6.07) is 5.67. The summed E-state index contributed by atoms with van der Waals surface area (Å²) in [7, 11) is 3.12. The van der Waals surface area contributed by atoms with E-state index in [1.807, 2.05) is 13.8 Å². The lowest BCUT2D eigenvalue weighted by Crippen LogP contribution is -2.39. The van der Waals surface area contributed by atoms with Crippen LogP contribution in [-0.2, 0) is 19.1 Å². The molecule has 1 heterocycles. The third-order valence-electron chi connectivity index (χ3n) is 4.50. The van der Waals surface area contributed by atoms with Gasteiger partial charge >= 0.3 is 0 Å². The molecule has 1 aromatic carbocycles. The fourth-order valence-electron chi connectivity index (χ4n) is 3.14. The number of ether oxygens (including phenoxy) is 2. The predicted octanol–water partition coefficient (Wildman–Crippen LogP) is 1.93. The molecule has 0 fully saturated rings. The largest absolute Gasteiger partial charge is 0.383 e. The van der Waals surface area contributed by atoms with Gasteiger partial charge in [-0.2, -0.15) is 0 Å². The summed E-state index contributed by atoms with van der Waals surface area (Å²) in [4.78, 5) is 39.8. The Hall–Kier alpha value is -2.78. The summed E-state index contributed by atoms with van der Waals surface area (Å²) in [5, 5.41) is 11.0. The number of imide groups is 1. The van der Waals surface area contributed by atoms with Crippen molar-refractivity contribution in [2.45, 2.75) is 13.8 Å². The van der Waals surface area contributed by atoms with Crippen LogP contribution in [0.5, 0.6) is 0 Å². The Bertz CT molecular complexity index is 780. The van der Waals surface area contributed by atoms with Crippen LogP contribution >= 0.6 is 0 Å². The molecule has 0 radical (unpaired) electrons. The highest BCUT2D eigenvalue weighted by Gasteiger charge is 2.41. The first kappa shape index (κ1) is 22.5. The number of carbonyl (C=O) groups excluding carboxylic acids is 2. The first-order valence-corrected chi connectivity index (χ1v) is 9.39. The van der Waals surface area contributed by atoms with Crippen molar-refractivity contribution in [3.63, 3.8) is 0 Å². The monoisotopic (exact) mass is 405 g/mol. The van der Waals surface area contributed by atoms with Gasteiger partial charge in [0.25, 0.3) is 17.5 Å². The molecule has 9 heteroatoms. The van der Waals surface area contributed by atoms with Gasteiger partial charge in [0, 0.05) is 46.0 Å². The Labute approximate surface area is 170 Å². The second-order valence-electron chi connectivity index (χ2n) is 7.11. The molecule has 0 bridgehead atoms. The molecule has 0 spiro atoms. The fraction of sp³-hybridized carbons (Fsp3) is 0.500. The Morgan fingerprint density at radius 1 is 1.03 bits per heavy atom. The number of benzene rings is 1. The highest BCUT2D eigenvalue weighted by Crippen LogP contribution is 2.32. The molecule has 1 aliphatic rings. The summed E-state index contributed by atoms with van der Waals surface area (Å²) >= 11 is 0. The van der Waals surface area contributed by atoms with Gasteiger partial charge in [-0.3, -0.25) is 24.6 Å². The molecule has 2 rings (SSSR count). The van der Waals surface area contributed by atoms with E-state index in [0.717, 1.165) is 0 Å². The quantitative estimate of drug-likeness (QED) is 0.315. The summed E-state index contributed by atoms with van der Waals surface area (Å²) in [6.45, 7) is 5.69. The number of carbonyl (C=O) groups is 2.